The molecule has 0 N–H and O–H groups in total. The van der Waals surface area contributed by atoms with Gasteiger partial charge in [-0.1, -0.05) is 20.8 Å². The van der Waals surface area contributed by atoms with E-state index in [1.807, 2.05) is 11.9 Å². The van der Waals surface area contributed by atoms with Gasteiger partial charge in [-0.25, -0.2) is 0 Å². The number of hydrogen-bond donors (Lipinski definition) is 0. The number of esters is 1. The minimum absolute atomic E-state index is 0.00387. The molecule has 2 bridgehead atoms. The Hall–Kier alpha value is -1.06. The number of rotatable bonds is 1. The zero-order valence-corrected chi connectivity index (χ0v) is 12.6. The van der Waals surface area contributed by atoms with Crippen LogP contribution in [0.4, 0.5) is 0 Å². The average molecular weight is 277 g/mol. The van der Waals surface area contributed by atoms with Crippen LogP contribution in [-0.2, 0) is 14.3 Å². The highest BCUT2D eigenvalue weighted by atomic mass is 16.6. The predicted octanol–water partition coefficient (Wildman–Crippen LogP) is 1.69. The Kier molecular flexibility index (Phi) is 2.26. The second-order valence-electron chi connectivity index (χ2n) is 7.75. The van der Waals surface area contributed by atoms with Gasteiger partial charge in [0.15, 0.2) is 0 Å². The van der Waals surface area contributed by atoms with Crippen molar-refractivity contribution in [2.75, 3.05) is 7.05 Å². The van der Waals surface area contributed by atoms with Crippen LogP contribution in [0.15, 0.2) is 0 Å². The number of likely N-dealkylation sites (N-methyl/N-ethyl adjacent to an activating group) is 1. The lowest BCUT2D eigenvalue weighted by Gasteiger charge is -2.48. The van der Waals surface area contributed by atoms with Crippen LogP contribution >= 0.6 is 0 Å². The van der Waals surface area contributed by atoms with Crippen molar-refractivity contribution < 1.29 is 14.3 Å². The molecule has 20 heavy (non-hydrogen) atoms. The van der Waals surface area contributed by atoms with Crippen LogP contribution < -0.4 is 0 Å². The number of nitrogens with zero attached hydrogens (tertiary/aromatic N) is 1. The van der Waals surface area contributed by atoms with Gasteiger partial charge in [0, 0.05) is 24.3 Å². The molecule has 2 heterocycles. The number of ether oxygens (including phenoxy) is 1. The number of hydrogen-bond acceptors (Lipinski definition) is 3. The molecule has 2 saturated carbocycles. The average Bonchev–Trinajstić information content (AvgIpc) is 2.90. The summed E-state index contributed by atoms with van der Waals surface area (Å²) < 4.78 is 5.78. The summed E-state index contributed by atoms with van der Waals surface area (Å²) in [5.74, 6) is 1.41. The van der Waals surface area contributed by atoms with Gasteiger partial charge in [-0.05, 0) is 24.7 Å². The van der Waals surface area contributed by atoms with E-state index in [1.165, 1.54) is 0 Å². The Morgan fingerprint density at radius 2 is 2.00 bits per heavy atom. The van der Waals surface area contributed by atoms with Crippen molar-refractivity contribution >= 4 is 11.9 Å². The largest absolute Gasteiger partial charge is 0.460 e. The highest BCUT2D eigenvalue weighted by Crippen LogP contribution is 2.66. The molecule has 4 nitrogen and oxygen atoms in total. The minimum Gasteiger partial charge on any atom is -0.460 e. The Morgan fingerprint density at radius 3 is 2.65 bits per heavy atom. The molecule has 1 amide bonds. The zero-order valence-electron chi connectivity index (χ0n) is 12.6. The lowest BCUT2D eigenvalue weighted by Crippen LogP contribution is -2.57. The molecular weight excluding hydrogens is 254 g/mol. The molecule has 0 spiro atoms. The standard InChI is InChI=1S/C16H23NO3/c1-7(2)10-11-8-5-6-9-14(18)17(4)13(16(8,9)3)12(10)20-15(11)19/h7-13H,5-6H2,1-4H3/t8-,9+,10-,11-,12-,13+,16+/m0/s1. The molecule has 7 atom stereocenters. The molecule has 0 aromatic carbocycles. The quantitative estimate of drug-likeness (QED) is 0.685. The highest BCUT2D eigenvalue weighted by Gasteiger charge is 2.74. The molecular formula is C16H23NO3. The first kappa shape index (κ1) is 12.7. The van der Waals surface area contributed by atoms with Crippen molar-refractivity contribution in [3.05, 3.63) is 0 Å². The Labute approximate surface area is 119 Å². The van der Waals surface area contributed by atoms with E-state index in [9.17, 15) is 9.59 Å². The summed E-state index contributed by atoms with van der Waals surface area (Å²) in [7, 11) is 1.90. The zero-order chi connectivity index (χ0) is 14.4. The summed E-state index contributed by atoms with van der Waals surface area (Å²) in [5, 5.41) is 0. The second kappa shape index (κ2) is 3.58. The molecule has 0 aromatic rings. The van der Waals surface area contributed by atoms with E-state index in [0.717, 1.165) is 12.8 Å². The van der Waals surface area contributed by atoms with Crippen molar-refractivity contribution in [2.24, 2.45) is 35.0 Å². The first-order chi connectivity index (χ1) is 9.39. The van der Waals surface area contributed by atoms with Crippen LogP contribution in [0.3, 0.4) is 0 Å². The number of carbonyl (C=O) groups is 2. The minimum atomic E-state index is -0.0919. The van der Waals surface area contributed by atoms with Gasteiger partial charge >= 0.3 is 5.97 Å². The number of amides is 1. The number of carbonyl (C=O) groups excluding carboxylic acids is 2. The smallest absolute Gasteiger partial charge is 0.310 e. The number of likely N-dealkylation sites (tertiary alicyclic amines) is 1. The Morgan fingerprint density at radius 1 is 1.30 bits per heavy atom. The highest BCUT2D eigenvalue weighted by molar-refractivity contribution is 5.86. The lowest BCUT2D eigenvalue weighted by molar-refractivity contribution is -0.146. The SMILES string of the molecule is CC(C)[C@@H]1[C@@H]2OC(=O)[C@H]1[C@@H]1CC[C@@H]3C(=O)N(C)[C@H]2[C@@]31C. The molecule has 2 aliphatic carbocycles. The molecule has 0 unspecified atom stereocenters. The summed E-state index contributed by atoms with van der Waals surface area (Å²) in [6.07, 6.45) is 1.86. The molecule has 4 rings (SSSR count). The summed E-state index contributed by atoms with van der Waals surface area (Å²) in [6.45, 7) is 6.59. The maximum absolute atomic E-state index is 12.6. The molecule has 4 heteroatoms. The molecule has 0 radical (unpaired) electrons. The van der Waals surface area contributed by atoms with E-state index in [2.05, 4.69) is 20.8 Å². The third-order valence-corrected chi connectivity index (χ3v) is 6.85. The van der Waals surface area contributed by atoms with Gasteiger partial charge in [-0.3, -0.25) is 9.59 Å². The van der Waals surface area contributed by atoms with Gasteiger partial charge in [0.1, 0.15) is 6.10 Å². The predicted molar refractivity (Wildman–Crippen MR) is 72.6 cm³/mol. The van der Waals surface area contributed by atoms with Crippen molar-refractivity contribution in [1.82, 2.24) is 4.90 Å². The molecule has 2 aliphatic heterocycles. The van der Waals surface area contributed by atoms with E-state index in [1.54, 1.807) is 0 Å². The lowest BCUT2D eigenvalue weighted by atomic mass is 9.55. The Balaban J connectivity index is 1.88. The fourth-order valence-electron chi connectivity index (χ4n) is 6.14. The van der Waals surface area contributed by atoms with Crippen molar-refractivity contribution in [1.29, 1.82) is 0 Å². The van der Waals surface area contributed by atoms with Crippen LogP contribution in [0.1, 0.15) is 33.6 Å². The van der Waals surface area contributed by atoms with E-state index >= 15 is 0 Å². The maximum atomic E-state index is 12.6. The van der Waals surface area contributed by atoms with E-state index < -0.39 is 0 Å². The summed E-state index contributed by atoms with van der Waals surface area (Å²) >= 11 is 0. The van der Waals surface area contributed by atoms with Gasteiger partial charge in [-0.15, -0.1) is 0 Å². The molecule has 4 fully saturated rings. The normalized spacial score (nSPS) is 52.8. The van der Waals surface area contributed by atoms with Gasteiger partial charge in [0.05, 0.1) is 12.0 Å². The van der Waals surface area contributed by atoms with Gasteiger partial charge < -0.3 is 9.64 Å². The van der Waals surface area contributed by atoms with Crippen LogP contribution in [0.5, 0.6) is 0 Å². The third kappa shape index (κ3) is 1.12. The monoisotopic (exact) mass is 277 g/mol. The van der Waals surface area contributed by atoms with Gasteiger partial charge in [0.2, 0.25) is 5.91 Å². The number of fused-ring (bicyclic) bond motifs is 4. The van der Waals surface area contributed by atoms with Crippen LogP contribution in [0.2, 0.25) is 0 Å². The van der Waals surface area contributed by atoms with Crippen LogP contribution in [-0.4, -0.2) is 36.0 Å². The Bertz CT molecular complexity index is 502. The molecule has 2 saturated heterocycles. The first-order valence-electron chi connectivity index (χ1n) is 7.86. The molecule has 0 aromatic heterocycles. The van der Waals surface area contributed by atoms with Crippen molar-refractivity contribution in [3.8, 4) is 0 Å². The van der Waals surface area contributed by atoms with E-state index in [0.29, 0.717) is 11.8 Å². The maximum Gasteiger partial charge on any atom is 0.310 e. The third-order valence-electron chi connectivity index (χ3n) is 6.85. The topological polar surface area (TPSA) is 46.6 Å². The van der Waals surface area contributed by atoms with Gasteiger partial charge in [-0.2, -0.15) is 0 Å². The van der Waals surface area contributed by atoms with Crippen LogP contribution in [0, 0.1) is 35.0 Å². The van der Waals surface area contributed by atoms with Crippen LogP contribution in [0.25, 0.3) is 0 Å². The molecule has 4 aliphatic rings. The molecule has 110 valence electrons. The fraction of sp³-hybridized carbons (Fsp3) is 0.875. The van der Waals surface area contributed by atoms with E-state index in [4.69, 9.17) is 4.74 Å². The second-order valence-corrected chi connectivity index (χ2v) is 7.75. The van der Waals surface area contributed by atoms with Crippen molar-refractivity contribution in [3.63, 3.8) is 0 Å². The van der Waals surface area contributed by atoms with Gasteiger partial charge in [0.25, 0.3) is 0 Å². The summed E-state index contributed by atoms with van der Waals surface area (Å²) in [5.41, 5.74) is -0.0568. The first-order valence-corrected chi connectivity index (χ1v) is 7.86. The summed E-state index contributed by atoms with van der Waals surface area (Å²) in [4.78, 5) is 26.8. The van der Waals surface area contributed by atoms with E-state index in [-0.39, 0.29) is 47.2 Å². The summed E-state index contributed by atoms with van der Waals surface area (Å²) in [6, 6.07) is 0.0857. The fourth-order valence-corrected chi connectivity index (χ4v) is 6.14. The van der Waals surface area contributed by atoms with Crippen molar-refractivity contribution in [2.45, 2.75) is 45.8 Å².